The highest BCUT2D eigenvalue weighted by atomic mass is 35.5. The van der Waals surface area contributed by atoms with Gasteiger partial charge in [0.15, 0.2) is 0 Å². The van der Waals surface area contributed by atoms with Gasteiger partial charge in [0, 0.05) is 25.2 Å². The summed E-state index contributed by atoms with van der Waals surface area (Å²) in [5.74, 6) is -4.00. The highest BCUT2D eigenvalue weighted by molar-refractivity contribution is 6.38. The monoisotopic (exact) mass is 493 g/mol. The lowest BCUT2D eigenvalue weighted by Gasteiger charge is -2.64. The summed E-state index contributed by atoms with van der Waals surface area (Å²) in [6, 6.07) is -0.118. The second-order valence-corrected chi connectivity index (χ2v) is 9.95. The molecule has 4 aliphatic rings. The van der Waals surface area contributed by atoms with Crippen molar-refractivity contribution < 1.29 is 28.4 Å². The number of nitrogens with one attached hydrogen (secondary N) is 4. The summed E-state index contributed by atoms with van der Waals surface area (Å²) >= 11 is 6.01. The van der Waals surface area contributed by atoms with Crippen molar-refractivity contribution in [1.29, 1.82) is 0 Å². The summed E-state index contributed by atoms with van der Waals surface area (Å²) < 4.78 is 13.8. The summed E-state index contributed by atoms with van der Waals surface area (Å²) in [5, 5.41) is 10.1. The molecule has 0 radical (unpaired) electrons. The van der Waals surface area contributed by atoms with Gasteiger partial charge in [0.2, 0.25) is 17.6 Å². The Labute approximate surface area is 199 Å². The molecule has 4 N–H and O–H groups in total. The molecule has 1 aromatic heterocycles. The fourth-order valence-electron chi connectivity index (χ4n) is 5.05. The molecule has 3 aliphatic carbocycles. The molecular weight excluding hydrogens is 469 g/mol. The van der Waals surface area contributed by atoms with E-state index in [-0.39, 0.29) is 54.0 Å². The van der Waals surface area contributed by atoms with E-state index in [2.05, 4.69) is 26.3 Å². The maximum absolute atomic E-state index is 13.8. The molecule has 2 heterocycles. The van der Waals surface area contributed by atoms with Gasteiger partial charge in [-0.25, -0.2) is 9.37 Å². The van der Waals surface area contributed by atoms with Crippen LogP contribution in [0.1, 0.15) is 49.4 Å². The molecule has 10 nitrogen and oxygen atoms in total. The van der Waals surface area contributed by atoms with Gasteiger partial charge in [-0.15, -0.1) is 0 Å². The summed E-state index contributed by atoms with van der Waals surface area (Å²) in [5.41, 5.74) is -2.20. The first kappa shape index (κ1) is 24.1. The molecule has 3 saturated carbocycles. The molecule has 1 aliphatic heterocycles. The third kappa shape index (κ3) is 4.36. The Hall–Kier alpha value is -3.08. The molecular formula is C22H25ClFN5O5. The zero-order valence-electron chi connectivity index (χ0n) is 18.7. The van der Waals surface area contributed by atoms with E-state index in [4.69, 9.17) is 11.6 Å². The predicted octanol–water partition coefficient (Wildman–Crippen LogP) is 0.894. The molecule has 0 spiro atoms. The van der Waals surface area contributed by atoms with Gasteiger partial charge in [-0.3, -0.25) is 24.0 Å². The number of carbonyl (C=O) groups excluding carboxylic acids is 5. The lowest BCUT2D eigenvalue weighted by atomic mass is 9.42. The predicted molar refractivity (Wildman–Crippen MR) is 119 cm³/mol. The molecule has 5 rings (SSSR count). The third-order valence-corrected chi connectivity index (χ3v) is 6.98. The maximum atomic E-state index is 13.8. The van der Waals surface area contributed by atoms with E-state index in [1.54, 1.807) is 0 Å². The summed E-state index contributed by atoms with van der Waals surface area (Å²) in [7, 11) is 1.28. The Morgan fingerprint density at radius 2 is 1.97 bits per heavy atom. The van der Waals surface area contributed by atoms with E-state index in [1.807, 2.05) is 6.92 Å². The summed E-state index contributed by atoms with van der Waals surface area (Å²) in [4.78, 5) is 66.7. The third-order valence-electron chi connectivity index (χ3n) is 6.77. The van der Waals surface area contributed by atoms with Gasteiger partial charge in [-0.05, 0) is 45.1 Å². The van der Waals surface area contributed by atoms with Crippen LogP contribution in [0, 0.1) is 11.3 Å². The fraction of sp³-hybridized carbons (Fsp3) is 0.545. The molecule has 4 fully saturated rings. The minimum atomic E-state index is -1.29. The van der Waals surface area contributed by atoms with Gasteiger partial charge in [0.25, 0.3) is 11.8 Å². The Morgan fingerprint density at radius 1 is 1.29 bits per heavy atom. The zero-order valence-corrected chi connectivity index (χ0v) is 19.4. The van der Waals surface area contributed by atoms with Crippen LogP contribution in [0.3, 0.4) is 0 Å². The van der Waals surface area contributed by atoms with Crippen LogP contribution in [-0.2, 0) is 19.2 Å². The second kappa shape index (κ2) is 8.61. The molecule has 1 aromatic rings. The second-order valence-electron chi connectivity index (χ2n) is 9.51. The number of amides is 4. The van der Waals surface area contributed by atoms with Crippen molar-refractivity contribution in [2.45, 2.75) is 56.8 Å². The number of rotatable bonds is 8. The Balaban J connectivity index is 1.53. The number of likely N-dealkylation sites (N-methyl/N-ethyl adjacent to an activating group) is 1. The normalized spacial score (nSPS) is 29.7. The number of hydrogen-bond acceptors (Lipinski definition) is 6. The Morgan fingerprint density at radius 3 is 2.53 bits per heavy atom. The van der Waals surface area contributed by atoms with Gasteiger partial charge in [0.05, 0.1) is 22.0 Å². The first-order valence-electron chi connectivity index (χ1n) is 11.0. The number of Topliss-reactive ketones (excluding diaryl/α,β-unsaturated/α-hetero) is 1. The van der Waals surface area contributed by atoms with Crippen LogP contribution in [0.5, 0.6) is 0 Å². The standard InChI is InChI=1S/C22H25ClFN5O5/c1-10-3-11(17(31)27-10)4-14(15(30)19(33)25-2)28-18(32)13-5-12(23)6-26-16(13)29-20(34)21-7-22(24,8-21)9-21/h5-6,10-11,14H,3-4,7-9H2,1-2H3,(H,25,33)(H,27,31)(H,28,32)(H,26,29,34)/t10-,11+,14?,21?,22?/m1/s1. The van der Waals surface area contributed by atoms with E-state index in [0.717, 1.165) is 0 Å². The molecule has 1 saturated heterocycles. The molecule has 3 atom stereocenters. The van der Waals surface area contributed by atoms with Gasteiger partial charge in [0.1, 0.15) is 11.5 Å². The first-order valence-corrected chi connectivity index (χ1v) is 11.4. The highest BCUT2D eigenvalue weighted by Gasteiger charge is 2.72. The number of nitrogens with zero attached hydrogens (tertiary/aromatic N) is 1. The lowest BCUT2D eigenvalue weighted by Crippen LogP contribution is -2.69. The zero-order chi connectivity index (χ0) is 24.8. The average molecular weight is 494 g/mol. The topological polar surface area (TPSA) is 146 Å². The molecule has 34 heavy (non-hydrogen) atoms. The quantitative estimate of drug-likeness (QED) is 0.396. The van der Waals surface area contributed by atoms with Crippen LogP contribution in [0.25, 0.3) is 0 Å². The number of anilines is 1. The van der Waals surface area contributed by atoms with Crippen LogP contribution in [-0.4, -0.2) is 59.2 Å². The number of ketones is 1. The Bertz CT molecular complexity index is 1080. The molecule has 1 unspecified atom stereocenters. The van der Waals surface area contributed by atoms with E-state index in [9.17, 15) is 28.4 Å². The van der Waals surface area contributed by atoms with Crippen LogP contribution < -0.4 is 21.3 Å². The number of halogens is 2. The van der Waals surface area contributed by atoms with Crippen molar-refractivity contribution in [3.05, 3.63) is 22.8 Å². The molecule has 4 amide bonds. The van der Waals surface area contributed by atoms with Crippen LogP contribution in [0.2, 0.25) is 5.02 Å². The SMILES string of the molecule is CNC(=O)C(=O)C(C[C@@H]1C[C@@H](C)NC1=O)NC(=O)c1cc(Cl)cnc1NC(=O)C12CC(F)(C1)C2. The van der Waals surface area contributed by atoms with Gasteiger partial charge in [-0.2, -0.15) is 0 Å². The van der Waals surface area contributed by atoms with Crippen molar-refractivity contribution in [2.75, 3.05) is 12.4 Å². The number of hydrogen-bond donors (Lipinski definition) is 4. The number of carbonyl (C=O) groups is 5. The van der Waals surface area contributed by atoms with Crippen LogP contribution >= 0.6 is 11.6 Å². The fourth-order valence-corrected chi connectivity index (χ4v) is 5.21. The minimum absolute atomic E-state index is 0.0778. The average Bonchev–Trinajstić information content (AvgIpc) is 3.06. The van der Waals surface area contributed by atoms with Crippen molar-refractivity contribution in [3.8, 4) is 0 Å². The van der Waals surface area contributed by atoms with Crippen molar-refractivity contribution >= 4 is 46.8 Å². The number of alkyl halides is 1. The van der Waals surface area contributed by atoms with E-state index in [0.29, 0.717) is 6.42 Å². The summed E-state index contributed by atoms with van der Waals surface area (Å²) in [6.45, 7) is 1.81. The van der Waals surface area contributed by atoms with E-state index >= 15 is 0 Å². The lowest BCUT2D eigenvalue weighted by molar-refractivity contribution is -0.209. The van der Waals surface area contributed by atoms with Crippen LogP contribution in [0.15, 0.2) is 12.3 Å². The van der Waals surface area contributed by atoms with Crippen molar-refractivity contribution in [3.63, 3.8) is 0 Å². The highest BCUT2D eigenvalue weighted by Crippen LogP contribution is 2.69. The number of aromatic nitrogens is 1. The molecule has 2 bridgehead atoms. The smallest absolute Gasteiger partial charge is 0.289 e. The van der Waals surface area contributed by atoms with Crippen LogP contribution in [0.4, 0.5) is 10.2 Å². The first-order chi connectivity index (χ1) is 15.9. The van der Waals surface area contributed by atoms with Crippen molar-refractivity contribution in [2.24, 2.45) is 11.3 Å². The van der Waals surface area contributed by atoms with Gasteiger partial charge >= 0.3 is 0 Å². The number of pyridine rings is 1. The molecule has 0 aromatic carbocycles. The molecule has 182 valence electrons. The molecule has 12 heteroatoms. The van der Waals surface area contributed by atoms with Gasteiger partial charge in [-0.1, -0.05) is 11.6 Å². The van der Waals surface area contributed by atoms with E-state index < -0.39 is 46.5 Å². The summed E-state index contributed by atoms with van der Waals surface area (Å²) in [6.07, 6.45) is 2.00. The Kier molecular flexibility index (Phi) is 6.09. The maximum Gasteiger partial charge on any atom is 0.289 e. The van der Waals surface area contributed by atoms with Gasteiger partial charge < -0.3 is 21.3 Å². The minimum Gasteiger partial charge on any atom is -0.353 e. The van der Waals surface area contributed by atoms with Crippen molar-refractivity contribution in [1.82, 2.24) is 20.9 Å². The van der Waals surface area contributed by atoms with E-state index in [1.165, 1.54) is 19.3 Å². The largest absolute Gasteiger partial charge is 0.353 e.